The SMILES string of the molecule is CCCOc1ccc2nnsc2c1[N+](=O)[O-]. The van der Waals surface area contributed by atoms with E-state index < -0.39 is 4.92 Å². The third-order valence-corrected chi connectivity index (χ3v) is 2.75. The van der Waals surface area contributed by atoms with Gasteiger partial charge in [-0.1, -0.05) is 11.4 Å². The highest BCUT2D eigenvalue weighted by Crippen LogP contribution is 2.36. The van der Waals surface area contributed by atoms with Gasteiger partial charge in [0, 0.05) is 0 Å². The van der Waals surface area contributed by atoms with E-state index in [1.54, 1.807) is 12.1 Å². The molecule has 16 heavy (non-hydrogen) atoms. The Morgan fingerprint density at radius 1 is 1.56 bits per heavy atom. The standard InChI is InChI=1S/C9H9N3O3S/c1-2-5-15-7-4-3-6-9(16-11-10-6)8(7)12(13)14/h3-4H,2,5H2,1H3. The van der Waals surface area contributed by atoms with Crippen molar-refractivity contribution in [1.29, 1.82) is 0 Å². The first-order valence-corrected chi connectivity index (χ1v) is 5.53. The smallest absolute Gasteiger partial charge is 0.331 e. The molecule has 1 heterocycles. The van der Waals surface area contributed by atoms with E-state index >= 15 is 0 Å². The van der Waals surface area contributed by atoms with Gasteiger partial charge in [0.15, 0.2) is 10.4 Å². The summed E-state index contributed by atoms with van der Waals surface area (Å²) < 4.78 is 9.49. The van der Waals surface area contributed by atoms with Crippen molar-refractivity contribution in [2.75, 3.05) is 6.61 Å². The molecule has 0 fully saturated rings. The molecule has 6 nitrogen and oxygen atoms in total. The molecule has 0 spiro atoms. The van der Waals surface area contributed by atoms with Crippen LogP contribution in [0, 0.1) is 10.1 Å². The zero-order chi connectivity index (χ0) is 11.5. The average molecular weight is 239 g/mol. The van der Waals surface area contributed by atoms with Crippen molar-refractivity contribution in [2.45, 2.75) is 13.3 Å². The fraction of sp³-hybridized carbons (Fsp3) is 0.333. The van der Waals surface area contributed by atoms with Gasteiger partial charge in [-0.3, -0.25) is 10.1 Å². The Balaban J connectivity index is 2.54. The number of hydrogen-bond donors (Lipinski definition) is 0. The lowest BCUT2D eigenvalue weighted by molar-refractivity contribution is -0.383. The highest BCUT2D eigenvalue weighted by atomic mass is 32.1. The first kappa shape index (κ1) is 10.7. The molecule has 0 aliphatic carbocycles. The predicted molar refractivity (Wildman–Crippen MR) is 59.9 cm³/mol. The summed E-state index contributed by atoms with van der Waals surface area (Å²) in [6.07, 6.45) is 0.802. The van der Waals surface area contributed by atoms with Crippen molar-refractivity contribution in [3.63, 3.8) is 0 Å². The number of rotatable bonds is 4. The lowest BCUT2D eigenvalue weighted by atomic mass is 10.3. The Labute approximate surface area is 95.2 Å². The van der Waals surface area contributed by atoms with Crippen molar-refractivity contribution in [3.05, 3.63) is 22.2 Å². The number of benzene rings is 1. The second-order valence-electron chi connectivity index (χ2n) is 3.14. The molecular formula is C9H9N3O3S. The van der Waals surface area contributed by atoms with Crippen molar-refractivity contribution in [1.82, 2.24) is 9.59 Å². The summed E-state index contributed by atoms with van der Waals surface area (Å²) in [5.74, 6) is 0.283. The van der Waals surface area contributed by atoms with Crippen molar-refractivity contribution in [2.24, 2.45) is 0 Å². The van der Waals surface area contributed by atoms with Gasteiger partial charge in [0.2, 0.25) is 0 Å². The molecule has 2 rings (SSSR count). The van der Waals surface area contributed by atoms with Gasteiger partial charge in [0.05, 0.1) is 11.5 Å². The van der Waals surface area contributed by atoms with E-state index in [0.717, 1.165) is 18.0 Å². The van der Waals surface area contributed by atoms with Gasteiger partial charge in [0.25, 0.3) is 0 Å². The zero-order valence-electron chi connectivity index (χ0n) is 8.54. The minimum absolute atomic E-state index is 0.0408. The highest BCUT2D eigenvalue weighted by Gasteiger charge is 2.22. The Kier molecular flexibility index (Phi) is 2.95. The Hall–Kier alpha value is -1.76. The minimum Gasteiger partial charge on any atom is -0.487 e. The summed E-state index contributed by atoms with van der Waals surface area (Å²) in [6.45, 7) is 2.40. The maximum absolute atomic E-state index is 11.0. The van der Waals surface area contributed by atoms with Crippen LogP contribution in [0.2, 0.25) is 0 Å². The molecule has 0 amide bonds. The second-order valence-corrected chi connectivity index (χ2v) is 3.89. The lowest BCUT2D eigenvalue weighted by Gasteiger charge is -2.04. The quantitative estimate of drug-likeness (QED) is 0.604. The van der Waals surface area contributed by atoms with E-state index in [9.17, 15) is 10.1 Å². The van der Waals surface area contributed by atoms with Gasteiger partial charge < -0.3 is 4.74 Å². The van der Waals surface area contributed by atoms with Gasteiger partial charge in [0.1, 0.15) is 5.52 Å². The average Bonchev–Trinajstić information content (AvgIpc) is 2.72. The molecule has 2 aromatic rings. The van der Waals surface area contributed by atoms with Crippen LogP contribution in [0.5, 0.6) is 5.75 Å². The number of nitrogens with zero attached hydrogens (tertiary/aromatic N) is 3. The number of nitro benzene ring substituents is 1. The molecule has 7 heteroatoms. The van der Waals surface area contributed by atoms with Gasteiger partial charge in [-0.2, -0.15) is 0 Å². The van der Waals surface area contributed by atoms with Crippen molar-refractivity contribution >= 4 is 27.4 Å². The first-order chi connectivity index (χ1) is 7.74. The molecule has 0 aliphatic heterocycles. The Morgan fingerprint density at radius 3 is 3.06 bits per heavy atom. The Bertz CT molecular complexity index is 526. The fourth-order valence-electron chi connectivity index (χ4n) is 1.32. The van der Waals surface area contributed by atoms with Gasteiger partial charge in [-0.05, 0) is 30.1 Å². The van der Waals surface area contributed by atoms with E-state index in [-0.39, 0.29) is 11.4 Å². The van der Waals surface area contributed by atoms with Crippen LogP contribution < -0.4 is 4.74 Å². The number of nitro groups is 1. The molecule has 1 aromatic carbocycles. The first-order valence-electron chi connectivity index (χ1n) is 4.76. The van der Waals surface area contributed by atoms with Crippen LogP contribution >= 0.6 is 11.5 Å². The molecule has 1 aromatic heterocycles. The number of aromatic nitrogens is 2. The van der Waals surface area contributed by atoms with Gasteiger partial charge in [-0.15, -0.1) is 5.10 Å². The van der Waals surface area contributed by atoms with Crippen LogP contribution in [0.1, 0.15) is 13.3 Å². The van der Waals surface area contributed by atoms with E-state index in [4.69, 9.17) is 4.74 Å². The molecule has 0 saturated carbocycles. The highest BCUT2D eigenvalue weighted by molar-refractivity contribution is 7.13. The summed E-state index contributed by atoms with van der Waals surface area (Å²) in [6, 6.07) is 3.24. The normalized spacial score (nSPS) is 10.6. The fourth-order valence-corrected chi connectivity index (χ4v) is 1.99. The molecule has 84 valence electrons. The van der Waals surface area contributed by atoms with E-state index in [2.05, 4.69) is 9.59 Å². The van der Waals surface area contributed by atoms with Crippen LogP contribution in [0.3, 0.4) is 0 Å². The van der Waals surface area contributed by atoms with Crippen molar-refractivity contribution in [3.8, 4) is 5.75 Å². The predicted octanol–water partition coefficient (Wildman–Crippen LogP) is 2.39. The van der Waals surface area contributed by atoms with E-state index in [1.165, 1.54) is 0 Å². The third kappa shape index (κ3) is 1.81. The lowest BCUT2D eigenvalue weighted by Crippen LogP contribution is -1.99. The number of ether oxygens (including phenoxy) is 1. The van der Waals surface area contributed by atoms with Crippen LogP contribution in [-0.2, 0) is 0 Å². The molecular weight excluding hydrogens is 230 g/mol. The van der Waals surface area contributed by atoms with Crippen LogP contribution in [0.25, 0.3) is 10.2 Å². The summed E-state index contributed by atoms with van der Waals surface area (Å²) in [4.78, 5) is 10.5. The number of fused-ring (bicyclic) bond motifs is 1. The maximum Gasteiger partial charge on any atom is 0.331 e. The molecule has 0 saturated heterocycles. The molecule has 0 aliphatic rings. The molecule has 0 unspecified atom stereocenters. The molecule has 0 bridgehead atoms. The largest absolute Gasteiger partial charge is 0.487 e. The van der Waals surface area contributed by atoms with Crippen LogP contribution in [0.15, 0.2) is 12.1 Å². The molecule has 0 atom stereocenters. The molecule has 0 radical (unpaired) electrons. The second kappa shape index (κ2) is 4.40. The van der Waals surface area contributed by atoms with Crippen molar-refractivity contribution < 1.29 is 9.66 Å². The monoisotopic (exact) mass is 239 g/mol. The van der Waals surface area contributed by atoms with Crippen LogP contribution in [0.4, 0.5) is 5.69 Å². The zero-order valence-corrected chi connectivity index (χ0v) is 9.36. The summed E-state index contributed by atoms with van der Waals surface area (Å²) in [5, 5.41) is 14.8. The summed E-state index contributed by atoms with van der Waals surface area (Å²) in [7, 11) is 0. The summed E-state index contributed by atoms with van der Waals surface area (Å²) >= 11 is 1.01. The van der Waals surface area contributed by atoms with Gasteiger partial charge in [-0.25, -0.2) is 0 Å². The molecule has 0 N–H and O–H groups in total. The third-order valence-electron chi connectivity index (χ3n) is 2.00. The topological polar surface area (TPSA) is 78.2 Å². The number of hydrogen-bond acceptors (Lipinski definition) is 6. The summed E-state index contributed by atoms with van der Waals surface area (Å²) in [5.41, 5.74) is 0.487. The van der Waals surface area contributed by atoms with Gasteiger partial charge >= 0.3 is 5.69 Å². The maximum atomic E-state index is 11.0. The Morgan fingerprint density at radius 2 is 2.38 bits per heavy atom. The van der Waals surface area contributed by atoms with E-state index in [1.807, 2.05) is 6.92 Å². The van der Waals surface area contributed by atoms with E-state index in [0.29, 0.717) is 16.8 Å². The minimum atomic E-state index is -0.451. The van der Waals surface area contributed by atoms with Crippen LogP contribution in [-0.4, -0.2) is 21.1 Å².